The maximum atomic E-state index is 13.0. The number of carbonyl (C=O) groups excluding carboxylic acids is 2. The second-order valence-electron chi connectivity index (χ2n) is 6.17. The highest BCUT2D eigenvalue weighted by Gasteiger charge is 2.35. The minimum atomic E-state index is -0.394. The van der Waals surface area contributed by atoms with Crippen molar-refractivity contribution < 1.29 is 14.0 Å². The topological polar surface area (TPSA) is 49.4 Å². The second kappa shape index (κ2) is 7.35. The Hall–Kier alpha value is -2.21. The highest BCUT2D eigenvalue weighted by atomic mass is 79.9. The number of anilines is 1. The summed E-state index contributed by atoms with van der Waals surface area (Å²) >= 11 is 3.39. The lowest BCUT2D eigenvalue weighted by Crippen LogP contribution is -2.34. The quantitative estimate of drug-likeness (QED) is 0.841. The van der Waals surface area contributed by atoms with E-state index in [1.165, 1.54) is 12.1 Å². The first-order valence-corrected chi connectivity index (χ1v) is 8.85. The number of halogens is 2. The molecular formula is C19H18BrFN2O2. The van der Waals surface area contributed by atoms with Gasteiger partial charge in [-0.15, -0.1) is 0 Å². The van der Waals surface area contributed by atoms with E-state index in [-0.39, 0.29) is 30.1 Å². The number of hydrogen-bond donors (Lipinski definition) is 1. The summed E-state index contributed by atoms with van der Waals surface area (Å²) in [4.78, 5) is 26.4. The van der Waals surface area contributed by atoms with Gasteiger partial charge in [-0.1, -0.05) is 34.1 Å². The molecule has 0 spiro atoms. The molecular weight excluding hydrogens is 387 g/mol. The molecule has 1 saturated heterocycles. The molecule has 3 rings (SSSR count). The number of hydrogen-bond acceptors (Lipinski definition) is 2. The summed E-state index contributed by atoms with van der Waals surface area (Å²) in [7, 11) is 0. The molecule has 25 heavy (non-hydrogen) atoms. The molecule has 1 aliphatic heterocycles. The zero-order valence-electron chi connectivity index (χ0n) is 13.7. The third kappa shape index (κ3) is 4.07. The van der Waals surface area contributed by atoms with Crippen LogP contribution in [-0.4, -0.2) is 18.4 Å². The first-order valence-electron chi connectivity index (χ1n) is 8.06. The molecule has 4 nitrogen and oxygen atoms in total. The van der Waals surface area contributed by atoms with Gasteiger partial charge in [-0.2, -0.15) is 0 Å². The fraction of sp³-hybridized carbons (Fsp3) is 0.263. The molecule has 2 atom stereocenters. The lowest BCUT2D eigenvalue weighted by atomic mass is 10.0. The lowest BCUT2D eigenvalue weighted by Gasteiger charge is -2.19. The van der Waals surface area contributed by atoms with Crippen LogP contribution in [0.5, 0.6) is 0 Å². The predicted molar refractivity (Wildman–Crippen MR) is 97.6 cm³/mol. The van der Waals surface area contributed by atoms with Gasteiger partial charge in [0, 0.05) is 23.1 Å². The van der Waals surface area contributed by atoms with Crippen molar-refractivity contribution in [3.05, 3.63) is 64.4 Å². The van der Waals surface area contributed by atoms with Crippen molar-refractivity contribution in [1.82, 2.24) is 5.32 Å². The maximum Gasteiger partial charge on any atom is 0.227 e. The van der Waals surface area contributed by atoms with E-state index in [0.29, 0.717) is 6.54 Å². The molecule has 2 aromatic carbocycles. The van der Waals surface area contributed by atoms with Gasteiger partial charge in [0.25, 0.3) is 0 Å². The van der Waals surface area contributed by atoms with E-state index in [9.17, 15) is 14.0 Å². The molecule has 2 unspecified atom stereocenters. The Balaban J connectivity index is 1.65. The van der Waals surface area contributed by atoms with Gasteiger partial charge in [0.2, 0.25) is 11.8 Å². The van der Waals surface area contributed by atoms with Crippen LogP contribution in [0.3, 0.4) is 0 Å². The van der Waals surface area contributed by atoms with Gasteiger partial charge in [-0.3, -0.25) is 9.59 Å². The largest absolute Gasteiger partial charge is 0.349 e. The van der Waals surface area contributed by atoms with Crippen molar-refractivity contribution in [3.8, 4) is 0 Å². The first kappa shape index (κ1) is 17.6. The Morgan fingerprint density at radius 2 is 2.00 bits per heavy atom. The standard InChI is InChI=1S/C19H18BrFN2O2/c1-12(13-5-7-16(21)8-6-13)22-19(25)14-9-18(24)23(11-14)17-4-2-3-15(20)10-17/h2-8,10,12,14H,9,11H2,1H3,(H,22,25). The average Bonchev–Trinajstić information content (AvgIpc) is 2.97. The molecule has 2 aromatic rings. The van der Waals surface area contributed by atoms with Crippen LogP contribution < -0.4 is 10.2 Å². The summed E-state index contributed by atoms with van der Waals surface area (Å²) in [5.41, 5.74) is 1.60. The third-order valence-corrected chi connectivity index (χ3v) is 4.84. The molecule has 6 heteroatoms. The Labute approximate surface area is 154 Å². The Morgan fingerprint density at radius 1 is 1.28 bits per heavy atom. The van der Waals surface area contributed by atoms with E-state index in [1.54, 1.807) is 17.0 Å². The average molecular weight is 405 g/mol. The van der Waals surface area contributed by atoms with Gasteiger partial charge in [0.05, 0.1) is 12.0 Å². The van der Waals surface area contributed by atoms with Gasteiger partial charge in [0.1, 0.15) is 5.82 Å². The van der Waals surface area contributed by atoms with Gasteiger partial charge in [0.15, 0.2) is 0 Å². The number of nitrogens with one attached hydrogen (secondary N) is 1. The molecule has 1 fully saturated rings. The highest BCUT2D eigenvalue weighted by molar-refractivity contribution is 9.10. The minimum absolute atomic E-state index is 0.0623. The van der Waals surface area contributed by atoms with Crippen molar-refractivity contribution in [1.29, 1.82) is 0 Å². The number of rotatable bonds is 4. The molecule has 1 heterocycles. The van der Waals surface area contributed by atoms with Gasteiger partial charge in [-0.25, -0.2) is 4.39 Å². The van der Waals surface area contributed by atoms with Crippen LogP contribution in [0, 0.1) is 11.7 Å². The van der Waals surface area contributed by atoms with Crippen LogP contribution in [0.4, 0.5) is 10.1 Å². The fourth-order valence-corrected chi connectivity index (χ4v) is 3.33. The zero-order chi connectivity index (χ0) is 18.0. The molecule has 1 N–H and O–H groups in total. The number of benzene rings is 2. The summed E-state index contributed by atoms with van der Waals surface area (Å²) in [6.07, 6.45) is 0.189. The van der Waals surface area contributed by atoms with E-state index in [4.69, 9.17) is 0 Å². The predicted octanol–water partition coefficient (Wildman–Crippen LogP) is 3.82. The van der Waals surface area contributed by atoms with Crippen molar-refractivity contribution in [2.75, 3.05) is 11.4 Å². The summed E-state index contributed by atoms with van der Waals surface area (Å²) in [5.74, 6) is -0.932. The SMILES string of the molecule is CC(NC(=O)C1CC(=O)N(c2cccc(Br)c2)C1)c1ccc(F)cc1. The highest BCUT2D eigenvalue weighted by Crippen LogP contribution is 2.28. The van der Waals surface area contributed by atoms with E-state index < -0.39 is 5.92 Å². The van der Waals surface area contributed by atoms with Crippen LogP contribution in [0.1, 0.15) is 24.9 Å². The van der Waals surface area contributed by atoms with E-state index in [1.807, 2.05) is 31.2 Å². The number of nitrogens with zero attached hydrogens (tertiary/aromatic N) is 1. The van der Waals surface area contributed by atoms with Crippen LogP contribution in [-0.2, 0) is 9.59 Å². The monoisotopic (exact) mass is 404 g/mol. The van der Waals surface area contributed by atoms with Gasteiger partial charge < -0.3 is 10.2 Å². The smallest absolute Gasteiger partial charge is 0.227 e. The lowest BCUT2D eigenvalue weighted by molar-refractivity contribution is -0.126. The summed E-state index contributed by atoms with van der Waals surface area (Å²) in [6.45, 7) is 2.20. The Bertz CT molecular complexity index is 794. The van der Waals surface area contributed by atoms with Crippen molar-refractivity contribution in [2.24, 2.45) is 5.92 Å². The Kier molecular flexibility index (Phi) is 5.18. The van der Waals surface area contributed by atoms with E-state index in [2.05, 4.69) is 21.2 Å². The summed E-state index contributed by atoms with van der Waals surface area (Å²) < 4.78 is 13.9. The van der Waals surface area contributed by atoms with Crippen LogP contribution >= 0.6 is 15.9 Å². The zero-order valence-corrected chi connectivity index (χ0v) is 15.3. The van der Waals surface area contributed by atoms with Crippen LogP contribution in [0.2, 0.25) is 0 Å². The number of amides is 2. The molecule has 130 valence electrons. The maximum absolute atomic E-state index is 13.0. The normalized spacial score (nSPS) is 18.3. The molecule has 1 aliphatic rings. The second-order valence-corrected chi connectivity index (χ2v) is 7.08. The van der Waals surface area contributed by atoms with Crippen LogP contribution in [0.25, 0.3) is 0 Å². The van der Waals surface area contributed by atoms with Crippen LogP contribution in [0.15, 0.2) is 53.0 Å². The summed E-state index contributed by atoms with van der Waals surface area (Å²) in [5, 5.41) is 2.91. The fourth-order valence-electron chi connectivity index (χ4n) is 2.94. The minimum Gasteiger partial charge on any atom is -0.349 e. The van der Waals surface area contributed by atoms with E-state index in [0.717, 1.165) is 15.7 Å². The van der Waals surface area contributed by atoms with E-state index >= 15 is 0 Å². The van der Waals surface area contributed by atoms with Crippen molar-refractivity contribution in [3.63, 3.8) is 0 Å². The Morgan fingerprint density at radius 3 is 2.68 bits per heavy atom. The molecule has 0 bridgehead atoms. The molecule has 2 amide bonds. The first-order chi connectivity index (χ1) is 11.9. The van der Waals surface area contributed by atoms with Gasteiger partial charge in [-0.05, 0) is 42.8 Å². The van der Waals surface area contributed by atoms with Gasteiger partial charge >= 0.3 is 0 Å². The van der Waals surface area contributed by atoms with Crippen molar-refractivity contribution in [2.45, 2.75) is 19.4 Å². The third-order valence-electron chi connectivity index (χ3n) is 4.34. The molecule has 0 aliphatic carbocycles. The molecule has 0 saturated carbocycles. The molecule has 0 aromatic heterocycles. The molecule has 0 radical (unpaired) electrons. The number of carbonyl (C=O) groups is 2. The van der Waals surface area contributed by atoms with Crippen molar-refractivity contribution >= 4 is 33.4 Å². The summed E-state index contributed by atoms with van der Waals surface area (Å²) in [6, 6.07) is 13.2.